The fourth-order valence-corrected chi connectivity index (χ4v) is 3.46. The second-order valence-electron chi connectivity index (χ2n) is 7.43. The van der Waals surface area contributed by atoms with Crippen molar-refractivity contribution >= 4 is 11.6 Å². The van der Waals surface area contributed by atoms with Crippen molar-refractivity contribution in [3.63, 3.8) is 0 Å². The van der Waals surface area contributed by atoms with Gasteiger partial charge in [0.2, 0.25) is 5.91 Å². The number of nitrogens with zero attached hydrogens (tertiary/aromatic N) is 3. The Balaban J connectivity index is 1.47. The molecule has 0 spiro atoms. The van der Waals surface area contributed by atoms with E-state index < -0.39 is 4.92 Å². The molecule has 0 radical (unpaired) electrons. The monoisotopic (exact) mass is 426 g/mol. The molecule has 0 unspecified atom stereocenters. The minimum atomic E-state index is -0.456. The Morgan fingerprint density at radius 2 is 1.56 bits per heavy atom. The van der Waals surface area contributed by atoms with Gasteiger partial charge in [0.25, 0.3) is 5.69 Å². The Hall–Kier alpha value is -4.26. The number of nitro benzene ring substituents is 1. The van der Waals surface area contributed by atoms with E-state index in [1.807, 2.05) is 59.4 Å². The molecule has 7 nitrogen and oxygen atoms in total. The van der Waals surface area contributed by atoms with Crippen LogP contribution in [0.2, 0.25) is 0 Å². The van der Waals surface area contributed by atoms with Crippen LogP contribution in [0.4, 0.5) is 5.69 Å². The molecule has 0 bridgehead atoms. The van der Waals surface area contributed by atoms with E-state index in [4.69, 9.17) is 5.10 Å². The summed E-state index contributed by atoms with van der Waals surface area (Å²) in [5, 5.41) is 18.5. The van der Waals surface area contributed by atoms with Crippen LogP contribution in [-0.4, -0.2) is 20.6 Å². The van der Waals surface area contributed by atoms with Crippen LogP contribution in [-0.2, 0) is 24.3 Å². The number of aromatic nitrogens is 2. The highest BCUT2D eigenvalue weighted by molar-refractivity contribution is 5.79. The Bertz CT molecular complexity index is 1200. The summed E-state index contributed by atoms with van der Waals surface area (Å²) in [6, 6.07) is 26.0. The van der Waals surface area contributed by atoms with E-state index in [0.29, 0.717) is 13.1 Å². The molecule has 4 rings (SSSR count). The molecule has 3 aromatic carbocycles. The van der Waals surface area contributed by atoms with Gasteiger partial charge in [-0.2, -0.15) is 5.10 Å². The van der Waals surface area contributed by atoms with Gasteiger partial charge >= 0.3 is 0 Å². The highest BCUT2D eigenvalue weighted by Crippen LogP contribution is 2.22. The number of nitro groups is 1. The van der Waals surface area contributed by atoms with Crippen molar-refractivity contribution in [1.29, 1.82) is 0 Å². The highest BCUT2D eigenvalue weighted by atomic mass is 16.6. The maximum Gasteiger partial charge on any atom is 0.269 e. The first-order chi connectivity index (χ1) is 15.6. The predicted octanol–water partition coefficient (Wildman–Crippen LogP) is 4.37. The van der Waals surface area contributed by atoms with Crippen molar-refractivity contribution in [3.8, 4) is 11.3 Å². The van der Waals surface area contributed by atoms with Crippen molar-refractivity contribution < 1.29 is 9.72 Å². The Morgan fingerprint density at radius 1 is 0.906 bits per heavy atom. The summed E-state index contributed by atoms with van der Waals surface area (Å²) in [5.74, 6) is -0.159. The second-order valence-corrected chi connectivity index (χ2v) is 7.43. The van der Waals surface area contributed by atoms with Gasteiger partial charge in [-0.05, 0) is 11.1 Å². The molecule has 4 aromatic rings. The van der Waals surface area contributed by atoms with Crippen molar-refractivity contribution in [2.75, 3.05) is 0 Å². The zero-order valence-electron chi connectivity index (χ0n) is 17.3. The summed E-state index contributed by atoms with van der Waals surface area (Å²) in [6.07, 6.45) is 2.11. The molecule has 0 atom stereocenters. The SMILES string of the molecule is O=C(Cc1ccc([N+](=O)[O-])cc1)NCc1cn(Cc2ccccc2)nc1-c1ccccc1. The van der Waals surface area contributed by atoms with Crippen molar-refractivity contribution in [2.45, 2.75) is 19.5 Å². The van der Waals surface area contributed by atoms with Gasteiger partial charge in [0, 0.05) is 36.0 Å². The summed E-state index contributed by atoms with van der Waals surface area (Å²) in [5.41, 5.74) is 4.60. The molecule has 0 saturated heterocycles. The number of non-ortho nitro benzene ring substituents is 1. The van der Waals surface area contributed by atoms with Crippen LogP contribution in [0, 0.1) is 10.1 Å². The summed E-state index contributed by atoms with van der Waals surface area (Å²) >= 11 is 0. The number of hydrogen-bond donors (Lipinski definition) is 1. The quantitative estimate of drug-likeness (QED) is 0.335. The van der Waals surface area contributed by atoms with Crippen LogP contribution < -0.4 is 5.32 Å². The number of amides is 1. The number of carbonyl (C=O) groups excluding carboxylic acids is 1. The van der Waals surface area contributed by atoms with E-state index in [2.05, 4.69) is 17.4 Å². The third-order valence-corrected chi connectivity index (χ3v) is 5.06. The van der Waals surface area contributed by atoms with Gasteiger partial charge in [-0.25, -0.2) is 0 Å². The summed E-state index contributed by atoms with van der Waals surface area (Å²) < 4.78 is 1.88. The first-order valence-corrected chi connectivity index (χ1v) is 10.2. The standard InChI is InChI=1S/C25H22N4O3/c30-24(15-19-11-13-23(14-12-19)29(31)32)26-16-22-18-28(17-20-7-3-1-4-8-20)27-25(22)21-9-5-2-6-10-21/h1-14,18H,15-17H2,(H,26,30). The number of rotatable bonds is 8. The zero-order chi connectivity index (χ0) is 22.3. The van der Waals surface area contributed by atoms with Crippen molar-refractivity contribution in [3.05, 3.63) is 118 Å². The maximum atomic E-state index is 12.5. The molecule has 1 N–H and O–H groups in total. The normalized spacial score (nSPS) is 10.6. The van der Waals surface area contributed by atoms with Gasteiger partial charge in [0.05, 0.1) is 23.6 Å². The molecule has 1 aromatic heterocycles. The third-order valence-electron chi connectivity index (χ3n) is 5.06. The fraction of sp³-hybridized carbons (Fsp3) is 0.120. The van der Waals surface area contributed by atoms with E-state index in [1.165, 1.54) is 12.1 Å². The average molecular weight is 426 g/mol. The minimum absolute atomic E-state index is 0.00694. The number of nitrogens with one attached hydrogen (secondary N) is 1. The van der Waals surface area contributed by atoms with Gasteiger partial charge in [-0.15, -0.1) is 0 Å². The molecule has 32 heavy (non-hydrogen) atoms. The number of carbonyl (C=O) groups is 1. The van der Waals surface area contributed by atoms with Gasteiger partial charge < -0.3 is 5.32 Å². The molecule has 160 valence electrons. The minimum Gasteiger partial charge on any atom is -0.352 e. The molecule has 0 fully saturated rings. The third kappa shape index (κ3) is 5.26. The van der Waals surface area contributed by atoms with Crippen LogP contribution in [0.15, 0.2) is 91.1 Å². The topological polar surface area (TPSA) is 90.1 Å². The number of hydrogen-bond acceptors (Lipinski definition) is 4. The first-order valence-electron chi connectivity index (χ1n) is 10.2. The lowest BCUT2D eigenvalue weighted by atomic mass is 10.1. The van der Waals surface area contributed by atoms with E-state index >= 15 is 0 Å². The van der Waals surface area contributed by atoms with Gasteiger partial charge in [0.1, 0.15) is 0 Å². The van der Waals surface area contributed by atoms with Crippen LogP contribution in [0.3, 0.4) is 0 Å². The lowest BCUT2D eigenvalue weighted by molar-refractivity contribution is -0.384. The summed E-state index contributed by atoms with van der Waals surface area (Å²) in [6.45, 7) is 0.974. The van der Waals surface area contributed by atoms with Crippen LogP contribution >= 0.6 is 0 Å². The summed E-state index contributed by atoms with van der Waals surface area (Å²) in [4.78, 5) is 22.8. The fourth-order valence-electron chi connectivity index (χ4n) is 3.46. The molecular weight excluding hydrogens is 404 g/mol. The predicted molar refractivity (Wildman–Crippen MR) is 122 cm³/mol. The highest BCUT2D eigenvalue weighted by Gasteiger charge is 2.13. The zero-order valence-corrected chi connectivity index (χ0v) is 17.3. The van der Waals surface area contributed by atoms with E-state index in [9.17, 15) is 14.9 Å². The molecule has 7 heteroatoms. The molecular formula is C25H22N4O3. The molecule has 0 aliphatic rings. The van der Waals surface area contributed by atoms with Crippen LogP contribution in [0.1, 0.15) is 16.7 Å². The average Bonchev–Trinajstić information content (AvgIpc) is 3.22. The van der Waals surface area contributed by atoms with Crippen molar-refractivity contribution in [2.24, 2.45) is 0 Å². The molecule has 1 heterocycles. The van der Waals surface area contributed by atoms with Gasteiger partial charge in [-0.1, -0.05) is 72.8 Å². The van der Waals surface area contributed by atoms with Gasteiger partial charge in [0.15, 0.2) is 0 Å². The van der Waals surface area contributed by atoms with Crippen molar-refractivity contribution in [1.82, 2.24) is 15.1 Å². The van der Waals surface area contributed by atoms with E-state index in [1.54, 1.807) is 12.1 Å². The molecule has 1 amide bonds. The maximum absolute atomic E-state index is 12.5. The van der Waals surface area contributed by atoms with E-state index in [-0.39, 0.29) is 18.0 Å². The van der Waals surface area contributed by atoms with Crippen LogP contribution in [0.5, 0.6) is 0 Å². The van der Waals surface area contributed by atoms with Gasteiger partial charge in [-0.3, -0.25) is 19.6 Å². The van der Waals surface area contributed by atoms with E-state index in [0.717, 1.165) is 27.9 Å². The lowest BCUT2D eigenvalue weighted by Gasteiger charge is -2.06. The smallest absolute Gasteiger partial charge is 0.269 e. The second kappa shape index (κ2) is 9.70. The van der Waals surface area contributed by atoms with Crippen LogP contribution in [0.25, 0.3) is 11.3 Å². The largest absolute Gasteiger partial charge is 0.352 e. The molecule has 0 aliphatic carbocycles. The molecule has 0 saturated carbocycles. The summed E-state index contributed by atoms with van der Waals surface area (Å²) in [7, 11) is 0. The Morgan fingerprint density at radius 3 is 2.22 bits per heavy atom. The molecule has 0 aliphatic heterocycles. The first kappa shape index (κ1) is 21.0. The lowest BCUT2D eigenvalue weighted by Crippen LogP contribution is -2.24. The Kier molecular flexibility index (Phi) is 6.36. The number of benzene rings is 3. The Labute approximate surface area is 185 Å².